The summed E-state index contributed by atoms with van der Waals surface area (Å²) in [5.74, 6) is 0. The number of nitrogens with one attached hydrogen (secondary N) is 1. The first-order valence-corrected chi connectivity index (χ1v) is 7.74. The normalized spacial score (nSPS) is 18.2. The van der Waals surface area contributed by atoms with Crippen LogP contribution in [0.3, 0.4) is 0 Å². The van der Waals surface area contributed by atoms with Crippen LogP contribution in [0.4, 0.5) is 5.69 Å². The van der Waals surface area contributed by atoms with E-state index in [2.05, 4.69) is 28.5 Å². The molecule has 1 aliphatic heterocycles. The van der Waals surface area contributed by atoms with Gasteiger partial charge in [-0.15, -0.1) is 0 Å². The molecule has 6 nitrogen and oxygen atoms in total. The second-order valence-electron chi connectivity index (χ2n) is 5.49. The number of ether oxygens (including phenoxy) is 1. The van der Waals surface area contributed by atoms with Crippen molar-refractivity contribution in [2.75, 3.05) is 11.9 Å². The minimum atomic E-state index is 0.323. The molecule has 1 saturated heterocycles. The van der Waals surface area contributed by atoms with E-state index in [0.717, 1.165) is 44.8 Å². The van der Waals surface area contributed by atoms with E-state index in [0.29, 0.717) is 6.10 Å². The average Bonchev–Trinajstić information content (AvgIpc) is 3.20. The lowest BCUT2D eigenvalue weighted by molar-refractivity contribution is 0.0940. The van der Waals surface area contributed by atoms with Gasteiger partial charge >= 0.3 is 0 Å². The molecule has 0 bridgehead atoms. The lowest BCUT2D eigenvalue weighted by Gasteiger charge is -2.09. The van der Waals surface area contributed by atoms with Crippen LogP contribution in [0.25, 0.3) is 0 Å². The fourth-order valence-corrected chi connectivity index (χ4v) is 2.67. The fraction of sp³-hybridized carbons (Fsp3) is 0.600. The van der Waals surface area contributed by atoms with Gasteiger partial charge in [-0.1, -0.05) is 6.92 Å². The zero-order valence-electron chi connectivity index (χ0n) is 12.5. The molecule has 0 amide bonds. The summed E-state index contributed by atoms with van der Waals surface area (Å²) in [6, 6.07) is 2.06. The molecule has 0 spiro atoms. The molecule has 1 aliphatic rings. The van der Waals surface area contributed by atoms with Crippen molar-refractivity contribution in [1.82, 2.24) is 19.6 Å². The van der Waals surface area contributed by atoms with Crippen LogP contribution >= 0.6 is 0 Å². The lowest BCUT2D eigenvalue weighted by Crippen LogP contribution is -2.15. The Morgan fingerprint density at radius 1 is 1.43 bits per heavy atom. The van der Waals surface area contributed by atoms with Crippen LogP contribution in [0.2, 0.25) is 0 Å². The molecule has 3 rings (SSSR count). The maximum atomic E-state index is 5.63. The molecule has 21 heavy (non-hydrogen) atoms. The van der Waals surface area contributed by atoms with Crippen molar-refractivity contribution in [2.24, 2.45) is 0 Å². The first kappa shape index (κ1) is 14.1. The first-order valence-electron chi connectivity index (χ1n) is 7.74. The molecular weight excluding hydrogens is 266 g/mol. The second-order valence-corrected chi connectivity index (χ2v) is 5.49. The van der Waals surface area contributed by atoms with E-state index in [-0.39, 0.29) is 0 Å². The van der Waals surface area contributed by atoms with Crippen LogP contribution in [0.1, 0.15) is 31.9 Å². The van der Waals surface area contributed by atoms with Crippen molar-refractivity contribution < 1.29 is 4.74 Å². The number of anilines is 1. The zero-order chi connectivity index (χ0) is 14.5. The second kappa shape index (κ2) is 6.76. The summed E-state index contributed by atoms with van der Waals surface area (Å²) in [5.41, 5.74) is 2.24. The molecule has 3 heterocycles. The molecule has 2 aromatic rings. The molecule has 0 aliphatic carbocycles. The van der Waals surface area contributed by atoms with Crippen LogP contribution < -0.4 is 5.32 Å². The summed E-state index contributed by atoms with van der Waals surface area (Å²) in [6.45, 7) is 5.62. The number of hydrogen-bond acceptors (Lipinski definition) is 4. The third kappa shape index (κ3) is 3.64. The molecule has 0 saturated carbocycles. The van der Waals surface area contributed by atoms with Crippen LogP contribution in [0, 0.1) is 0 Å². The van der Waals surface area contributed by atoms with Gasteiger partial charge in [0.25, 0.3) is 0 Å². The Morgan fingerprint density at radius 3 is 3.19 bits per heavy atom. The van der Waals surface area contributed by atoms with E-state index in [1.165, 1.54) is 12.1 Å². The minimum Gasteiger partial charge on any atom is -0.377 e. The highest BCUT2D eigenvalue weighted by molar-refractivity contribution is 5.38. The highest BCUT2D eigenvalue weighted by Crippen LogP contribution is 2.15. The highest BCUT2D eigenvalue weighted by Gasteiger charge is 2.16. The number of hydrogen-bond donors (Lipinski definition) is 1. The van der Waals surface area contributed by atoms with Gasteiger partial charge in [0.15, 0.2) is 0 Å². The third-order valence-electron chi connectivity index (χ3n) is 3.76. The highest BCUT2D eigenvalue weighted by atomic mass is 16.5. The largest absolute Gasteiger partial charge is 0.377 e. The van der Waals surface area contributed by atoms with E-state index in [4.69, 9.17) is 4.74 Å². The summed E-state index contributed by atoms with van der Waals surface area (Å²) >= 11 is 0. The summed E-state index contributed by atoms with van der Waals surface area (Å²) in [7, 11) is 0. The van der Waals surface area contributed by atoms with Gasteiger partial charge < -0.3 is 10.1 Å². The molecule has 1 fully saturated rings. The fourth-order valence-electron chi connectivity index (χ4n) is 2.67. The topological polar surface area (TPSA) is 56.9 Å². The van der Waals surface area contributed by atoms with Crippen molar-refractivity contribution in [3.05, 3.63) is 30.4 Å². The van der Waals surface area contributed by atoms with Crippen LogP contribution in [0.15, 0.2) is 24.7 Å². The SMILES string of the molecule is CCCn1nccc1CNc1cnn(CC2CCCO2)c1. The lowest BCUT2D eigenvalue weighted by atomic mass is 10.2. The van der Waals surface area contributed by atoms with E-state index >= 15 is 0 Å². The van der Waals surface area contributed by atoms with Gasteiger partial charge in [0.1, 0.15) is 0 Å². The van der Waals surface area contributed by atoms with Gasteiger partial charge in [0, 0.05) is 25.5 Å². The van der Waals surface area contributed by atoms with Gasteiger partial charge in [-0.25, -0.2) is 0 Å². The molecule has 114 valence electrons. The van der Waals surface area contributed by atoms with Crippen molar-refractivity contribution in [3.8, 4) is 0 Å². The first-order chi connectivity index (χ1) is 10.3. The Bertz CT molecular complexity index is 556. The molecule has 1 atom stereocenters. The van der Waals surface area contributed by atoms with Gasteiger partial charge in [0.05, 0.1) is 36.8 Å². The predicted octanol–water partition coefficient (Wildman–Crippen LogP) is 2.28. The van der Waals surface area contributed by atoms with Gasteiger partial charge in [0.2, 0.25) is 0 Å². The van der Waals surface area contributed by atoms with E-state index in [9.17, 15) is 0 Å². The molecular formula is C15H23N5O. The van der Waals surface area contributed by atoms with Crippen molar-refractivity contribution in [1.29, 1.82) is 0 Å². The summed E-state index contributed by atoms with van der Waals surface area (Å²) in [5, 5.41) is 12.1. The molecule has 2 aromatic heterocycles. The third-order valence-corrected chi connectivity index (χ3v) is 3.76. The summed E-state index contributed by atoms with van der Waals surface area (Å²) in [4.78, 5) is 0. The maximum absolute atomic E-state index is 5.63. The van der Waals surface area contributed by atoms with Crippen LogP contribution in [-0.4, -0.2) is 32.3 Å². The van der Waals surface area contributed by atoms with Gasteiger partial charge in [-0.3, -0.25) is 9.36 Å². The van der Waals surface area contributed by atoms with Crippen LogP contribution in [0.5, 0.6) is 0 Å². The Balaban J connectivity index is 1.53. The van der Waals surface area contributed by atoms with Crippen molar-refractivity contribution in [3.63, 3.8) is 0 Å². The van der Waals surface area contributed by atoms with Crippen molar-refractivity contribution >= 4 is 5.69 Å². The minimum absolute atomic E-state index is 0.323. The Hall–Kier alpha value is -1.82. The zero-order valence-corrected chi connectivity index (χ0v) is 12.5. The number of aromatic nitrogens is 4. The van der Waals surface area contributed by atoms with Crippen molar-refractivity contribution in [2.45, 2.75) is 51.9 Å². The Morgan fingerprint density at radius 2 is 2.38 bits per heavy atom. The quantitative estimate of drug-likeness (QED) is 0.849. The Kier molecular flexibility index (Phi) is 4.55. The number of aryl methyl sites for hydroxylation is 1. The molecule has 1 N–H and O–H groups in total. The number of nitrogens with zero attached hydrogens (tertiary/aromatic N) is 4. The monoisotopic (exact) mass is 289 g/mol. The summed E-state index contributed by atoms with van der Waals surface area (Å²) in [6.07, 6.45) is 9.49. The standard InChI is InChI=1S/C15H23N5O/c1-2-7-20-14(5-6-17-20)10-16-13-9-18-19(11-13)12-15-4-3-8-21-15/h5-6,9,11,15-16H,2-4,7-8,10,12H2,1H3. The molecule has 6 heteroatoms. The summed E-state index contributed by atoms with van der Waals surface area (Å²) < 4.78 is 9.64. The van der Waals surface area contributed by atoms with Gasteiger partial charge in [-0.2, -0.15) is 10.2 Å². The van der Waals surface area contributed by atoms with E-state index in [1.807, 2.05) is 28.0 Å². The van der Waals surface area contributed by atoms with Crippen LogP contribution in [-0.2, 0) is 24.4 Å². The average molecular weight is 289 g/mol. The molecule has 1 unspecified atom stereocenters. The van der Waals surface area contributed by atoms with E-state index in [1.54, 1.807) is 0 Å². The van der Waals surface area contributed by atoms with Gasteiger partial charge in [-0.05, 0) is 25.3 Å². The van der Waals surface area contributed by atoms with E-state index < -0.39 is 0 Å². The smallest absolute Gasteiger partial charge is 0.0771 e. The molecule has 0 radical (unpaired) electrons. The molecule has 0 aromatic carbocycles. The number of rotatable bonds is 7. The maximum Gasteiger partial charge on any atom is 0.0771 e. The Labute approximate surface area is 125 Å². The predicted molar refractivity (Wildman–Crippen MR) is 81.0 cm³/mol.